The van der Waals surface area contributed by atoms with Crippen LogP contribution in [0.25, 0.3) is 0 Å². The van der Waals surface area contributed by atoms with E-state index in [1.54, 1.807) is 18.5 Å². The largest absolute Gasteiger partial charge is 0.470 e. The average molecular weight is 294 g/mol. The summed E-state index contributed by atoms with van der Waals surface area (Å²) in [5.41, 5.74) is 0. The monoisotopic (exact) mass is 294 g/mol. The number of aliphatic hydroxyl groups excluding tert-OH is 2. The number of phosphoric acid groups is 1. The van der Waals surface area contributed by atoms with Crippen LogP contribution in [0.5, 0.6) is 0 Å². The summed E-state index contributed by atoms with van der Waals surface area (Å²) in [7, 11) is -4.79. The third-order valence-electron chi connectivity index (χ3n) is 2.79. The van der Waals surface area contributed by atoms with Gasteiger partial charge >= 0.3 is 7.82 Å². The third-order valence-corrected chi connectivity index (χ3v) is 3.31. The third kappa shape index (κ3) is 3.40. The lowest BCUT2D eigenvalue weighted by atomic mass is 10.1. The highest BCUT2D eigenvalue weighted by Crippen LogP contribution is 2.42. The van der Waals surface area contributed by atoms with Gasteiger partial charge in [0, 0.05) is 12.4 Å². The van der Waals surface area contributed by atoms with Crippen LogP contribution in [-0.2, 0) is 13.8 Å². The van der Waals surface area contributed by atoms with Crippen molar-refractivity contribution in [3.05, 3.63) is 12.3 Å². The van der Waals surface area contributed by atoms with E-state index in [9.17, 15) is 9.67 Å². The quantitative estimate of drug-likeness (QED) is 0.456. The molecule has 2 heterocycles. The van der Waals surface area contributed by atoms with Crippen molar-refractivity contribution < 1.29 is 33.8 Å². The molecule has 0 aromatic rings. The Morgan fingerprint density at radius 3 is 2.79 bits per heavy atom. The molecular formula is C9H15N2O7P. The predicted molar refractivity (Wildman–Crippen MR) is 63.0 cm³/mol. The Kier molecular flexibility index (Phi) is 4.36. The van der Waals surface area contributed by atoms with Gasteiger partial charge in [-0.15, -0.1) is 0 Å². The Morgan fingerprint density at radius 1 is 1.53 bits per heavy atom. The SMILES string of the molecule is O=P(O)(O)O[C@@H]1[C@@H](O)[C@@H](N2C=CC=NC2)O[C@H]1CO. The number of rotatable bonds is 4. The highest BCUT2D eigenvalue weighted by molar-refractivity contribution is 7.46. The zero-order chi connectivity index (χ0) is 14.0. The summed E-state index contributed by atoms with van der Waals surface area (Å²) in [6.07, 6.45) is 0.289. The van der Waals surface area contributed by atoms with Gasteiger partial charge in [0.05, 0.1) is 6.61 Å². The van der Waals surface area contributed by atoms with Crippen LogP contribution < -0.4 is 0 Å². The second-order valence-electron chi connectivity index (χ2n) is 4.13. The molecule has 2 aliphatic rings. The van der Waals surface area contributed by atoms with Crippen LogP contribution in [0.3, 0.4) is 0 Å². The summed E-state index contributed by atoms with van der Waals surface area (Å²) in [5.74, 6) is 0. The van der Waals surface area contributed by atoms with Crippen LogP contribution in [0, 0.1) is 0 Å². The lowest BCUT2D eigenvalue weighted by Gasteiger charge is -2.28. The number of phosphoric ester groups is 1. The topological polar surface area (TPSA) is 132 Å². The number of hydrogen-bond donors (Lipinski definition) is 4. The maximum absolute atomic E-state index is 10.9. The Labute approximate surface area is 109 Å². The number of hydrogen-bond acceptors (Lipinski definition) is 7. The molecule has 0 amide bonds. The van der Waals surface area contributed by atoms with Crippen molar-refractivity contribution in [2.75, 3.05) is 13.3 Å². The Hall–Kier alpha value is -0.800. The zero-order valence-electron chi connectivity index (χ0n) is 9.81. The molecule has 2 aliphatic heterocycles. The van der Waals surface area contributed by atoms with Gasteiger partial charge in [-0.1, -0.05) is 0 Å². The van der Waals surface area contributed by atoms with Crippen LogP contribution in [0.2, 0.25) is 0 Å². The molecule has 1 saturated heterocycles. The van der Waals surface area contributed by atoms with Crippen LogP contribution >= 0.6 is 7.82 Å². The van der Waals surface area contributed by atoms with E-state index in [0.29, 0.717) is 0 Å². The van der Waals surface area contributed by atoms with Crippen molar-refractivity contribution in [3.8, 4) is 0 Å². The first kappa shape index (κ1) is 14.6. The summed E-state index contributed by atoms with van der Waals surface area (Å²) in [5, 5.41) is 19.2. The van der Waals surface area contributed by atoms with E-state index in [2.05, 4.69) is 9.52 Å². The second-order valence-corrected chi connectivity index (χ2v) is 5.32. The Morgan fingerprint density at radius 2 is 2.26 bits per heavy atom. The molecule has 0 unspecified atom stereocenters. The second kappa shape index (κ2) is 5.68. The molecule has 0 aromatic carbocycles. The van der Waals surface area contributed by atoms with E-state index in [1.807, 2.05) is 0 Å². The molecule has 0 saturated carbocycles. The Balaban J connectivity index is 2.10. The molecule has 9 nitrogen and oxygen atoms in total. The number of ether oxygens (including phenoxy) is 1. The standard InChI is InChI=1S/C9H15N2O7P/c12-4-6-8(18-19(14,15)16)7(13)9(17-6)11-3-1-2-10-5-11/h1-3,6-9,12-13H,4-5H2,(H2,14,15,16)/t6-,7+,8-,9-/m0/s1. The van der Waals surface area contributed by atoms with E-state index in [4.69, 9.17) is 19.6 Å². The van der Waals surface area contributed by atoms with Crippen molar-refractivity contribution >= 4 is 14.0 Å². The first-order valence-corrected chi connectivity index (χ1v) is 7.06. The molecule has 0 radical (unpaired) electrons. The van der Waals surface area contributed by atoms with Crippen LogP contribution in [0.1, 0.15) is 0 Å². The van der Waals surface area contributed by atoms with E-state index >= 15 is 0 Å². The first-order valence-electron chi connectivity index (χ1n) is 5.53. The van der Waals surface area contributed by atoms with Crippen molar-refractivity contribution in [3.63, 3.8) is 0 Å². The maximum atomic E-state index is 10.9. The molecule has 0 spiro atoms. The predicted octanol–water partition coefficient (Wildman–Crippen LogP) is -1.60. The van der Waals surface area contributed by atoms with Gasteiger partial charge in [-0.25, -0.2) is 4.57 Å². The van der Waals surface area contributed by atoms with E-state index in [-0.39, 0.29) is 6.67 Å². The highest BCUT2D eigenvalue weighted by Gasteiger charge is 2.48. The van der Waals surface area contributed by atoms with Gasteiger partial charge in [-0.05, 0) is 6.08 Å². The molecule has 1 fully saturated rings. The number of nitrogens with zero attached hydrogens (tertiary/aromatic N) is 2. The van der Waals surface area contributed by atoms with E-state index in [1.165, 1.54) is 4.90 Å². The molecule has 2 rings (SSSR count). The van der Waals surface area contributed by atoms with Gasteiger partial charge in [0.1, 0.15) is 25.0 Å². The molecular weight excluding hydrogens is 279 g/mol. The fourth-order valence-corrected chi connectivity index (χ4v) is 2.57. The van der Waals surface area contributed by atoms with Gasteiger partial charge in [-0.3, -0.25) is 9.52 Å². The van der Waals surface area contributed by atoms with Gasteiger partial charge in [0.15, 0.2) is 6.23 Å². The molecule has 10 heteroatoms. The minimum absolute atomic E-state index is 0.235. The smallest absolute Gasteiger partial charge is 0.394 e. The van der Waals surface area contributed by atoms with Gasteiger partial charge in [-0.2, -0.15) is 0 Å². The molecule has 4 atom stereocenters. The fraction of sp³-hybridized carbons (Fsp3) is 0.667. The molecule has 0 aromatic heterocycles. The molecule has 0 bridgehead atoms. The fourth-order valence-electron chi connectivity index (χ4n) is 1.99. The van der Waals surface area contributed by atoms with Gasteiger partial charge in [0.2, 0.25) is 0 Å². The number of aliphatic imine (C=N–C) groups is 1. The highest BCUT2D eigenvalue weighted by atomic mass is 31.2. The molecule has 19 heavy (non-hydrogen) atoms. The normalized spacial score (nSPS) is 35.1. The minimum Gasteiger partial charge on any atom is -0.394 e. The molecule has 0 aliphatic carbocycles. The minimum atomic E-state index is -4.79. The van der Waals surface area contributed by atoms with Crippen molar-refractivity contribution in [1.29, 1.82) is 0 Å². The van der Waals surface area contributed by atoms with Crippen LogP contribution in [0.4, 0.5) is 0 Å². The summed E-state index contributed by atoms with van der Waals surface area (Å²) in [6, 6.07) is 0. The molecule has 4 N–H and O–H groups in total. The van der Waals surface area contributed by atoms with Crippen molar-refractivity contribution in [2.45, 2.75) is 24.5 Å². The summed E-state index contributed by atoms with van der Waals surface area (Å²) >= 11 is 0. The van der Waals surface area contributed by atoms with Gasteiger partial charge in [0.25, 0.3) is 0 Å². The van der Waals surface area contributed by atoms with Crippen molar-refractivity contribution in [2.24, 2.45) is 4.99 Å². The lowest BCUT2D eigenvalue weighted by Crippen LogP contribution is -2.42. The van der Waals surface area contributed by atoms with E-state index in [0.717, 1.165) is 0 Å². The maximum Gasteiger partial charge on any atom is 0.470 e. The first-order chi connectivity index (χ1) is 8.92. The zero-order valence-corrected chi connectivity index (χ0v) is 10.7. The average Bonchev–Trinajstić information content (AvgIpc) is 2.66. The summed E-state index contributed by atoms with van der Waals surface area (Å²) < 4.78 is 20.7. The van der Waals surface area contributed by atoms with E-state index < -0.39 is 39.0 Å². The molecule has 108 valence electrons. The van der Waals surface area contributed by atoms with Crippen LogP contribution in [-0.4, -0.2) is 68.9 Å². The lowest BCUT2D eigenvalue weighted by molar-refractivity contribution is -0.0789. The Bertz CT molecular complexity index is 423. The van der Waals surface area contributed by atoms with Gasteiger partial charge < -0.3 is 29.6 Å². The summed E-state index contributed by atoms with van der Waals surface area (Å²) in [6.45, 7) is -0.294. The number of aliphatic hydroxyl groups is 2. The summed E-state index contributed by atoms with van der Waals surface area (Å²) in [4.78, 5) is 23.1. The number of allylic oxidation sites excluding steroid dienone is 1. The van der Waals surface area contributed by atoms with Crippen LogP contribution in [0.15, 0.2) is 17.3 Å². The van der Waals surface area contributed by atoms with Crippen molar-refractivity contribution in [1.82, 2.24) is 4.90 Å².